The molecule has 3 N–H and O–H groups in total. The molecule has 31 heavy (non-hydrogen) atoms. The van der Waals surface area contributed by atoms with Crippen LogP contribution in [0.4, 0.5) is 0 Å². The van der Waals surface area contributed by atoms with E-state index in [1.807, 2.05) is 13.8 Å². The molecule has 1 heterocycles. The van der Waals surface area contributed by atoms with Crippen molar-refractivity contribution in [3.05, 3.63) is 29.3 Å². The minimum absolute atomic E-state index is 0.0394. The van der Waals surface area contributed by atoms with Crippen LogP contribution in [0.1, 0.15) is 39.7 Å². The molecule has 172 valence electrons. The van der Waals surface area contributed by atoms with E-state index in [9.17, 15) is 24.9 Å². The lowest BCUT2D eigenvalue weighted by atomic mass is 9.98. The van der Waals surface area contributed by atoms with Crippen LogP contribution in [0.3, 0.4) is 0 Å². The van der Waals surface area contributed by atoms with Crippen LogP contribution >= 0.6 is 0 Å². The van der Waals surface area contributed by atoms with Gasteiger partial charge >= 0.3 is 11.9 Å². The van der Waals surface area contributed by atoms with E-state index >= 15 is 0 Å². The van der Waals surface area contributed by atoms with Gasteiger partial charge in [0.1, 0.15) is 6.10 Å². The number of hydrogen-bond donors (Lipinski definition) is 3. The predicted octanol–water partition coefficient (Wildman–Crippen LogP) is 1.77. The number of benzene rings is 1. The minimum atomic E-state index is -1.58. The summed E-state index contributed by atoms with van der Waals surface area (Å²) in [6, 6.07) is 4.61. The Hall–Kier alpha value is -2.62. The molecule has 0 unspecified atom stereocenters. The Morgan fingerprint density at radius 1 is 1.19 bits per heavy atom. The van der Waals surface area contributed by atoms with Crippen LogP contribution in [0.2, 0.25) is 0 Å². The fraction of sp³-hybridized carbons (Fsp3) is 0.545. The molecule has 0 spiro atoms. The van der Waals surface area contributed by atoms with Gasteiger partial charge in [-0.25, -0.2) is 4.79 Å². The van der Waals surface area contributed by atoms with Crippen LogP contribution in [-0.4, -0.2) is 65.1 Å². The number of phenols is 1. The van der Waals surface area contributed by atoms with Gasteiger partial charge in [0.25, 0.3) is 0 Å². The van der Waals surface area contributed by atoms with Gasteiger partial charge in [-0.15, -0.1) is 0 Å². The molecule has 2 rings (SSSR count). The summed E-state index contributed by atoms with van der Waals surface area (Å²) in [5.41, 5.74) is 0.873. The van der Waals surface area contributed by atoms with E-state index in [0.717, 1.165) is 6.92 Å². The first-order valence-corrected chi connectivity index (χ1v) is 10.0. The van der Waals surface area contributed by atoms with Crippen LogP contribution in [0.15, 0.2) is 23.8 Å². The number of aliphatic hydroxyl groups is 2. The summed E-state index contributed by atoms with van der Waals surface area (Å²) in [6.45, 7) is 6.50. The average molecular weight is 438 g/mol. The van der Waals surface area contributed by atoms with Crippen LogP contribution in [0.5, 0.6) is 11.5 Å². The van der Waals surface area contributed by atoms with Crippen LogP contribution in [-0.2, 0) is 23.8 Å². The van der Waals surface area contributed by atoms with Crippen molar-refractivity contribution in [3.63, 3.8) is 0 Å². The van der Waals surface area contributed by atoms with Crippen molar-refractivity contribution in [3.8, 4) is 11.5 Å². The van der Waals surface area contributed by atoms with Gasteiger partial charge in [0.15, 0.2) is 30.0 Å². The van der Waals surface area contributed by atoms with Gasteiger partial charge in [0, 0.05) is 12.5 Å². The molecule has 0 amide bonds. The highest BCUT2D eigenvalue weighted by molar-refractivity contribution is 5.94. The zero-order valence-electron chi connectivity index (χ0n) is 18.3. The fourth-order valence-electron chi connectivity index (χ4n) is 3.28. The molecule has 1 aliphatic heterocycles. The summed E-state index contributed by atoms with van der Waals surface area (Å²) in [5.74, 6) is -1.15. The third kappa shape index (κ3) is 6.43. The van der Waals surface area contributed by atoms with Crippen molar-refractivity contribution in [1.82, 2.24) is 0 Å². The lowest BCUT2D eigenvalue weighted by molar-refractivity contribution is -0.284. The fourth-order valence-corrected chi connectivity index (χ4v) is 3.28. The Morgan fingerprint density at radius 3 is 2.45 bits per heavy atom. The van der Waals surface area contributed by atoms with Crippen molar-refractivity contribution < 1.29 is 43.9 Å². The van der Waals surface area contributed by atoms with Crippen molar-refractivity contribution >= 4 is 18.0 Å². The molecule has 0 radical (unpaired) electrons. The number of carbonyl (C=O) groups is 2. The van der Waals surface area contributed by atoms with E-state index in [4.69, 9.17) is 18.9 Å². The average Bonchev–Trinajstić information content (AvgIpc) is 2.68. The van der Waals surface area contributed by atoms with Crippen molar-refractivity contribution in [2.75, 3.05) is 7.11 Å². The Balaban J connectivity index is 2.32. The molecule has 9 heteroatoms. The molecule has 1 aliphatic rings. The van der Waals surface area contributed by atoms with Crippen molar-refractivity contribution in [2.45, 2.75) is 64.8 Å². The molecule has 9 nitrogen and oxygen atoms in total. The summed E-state index contributed by atoms with van der Waals surface area (Å²) in [4.78, 5) is 24.4. The molecule has 0 aliphatic carbocycles. The van der Waals surface area contributed by atoms with Gasteiger partial charge in [0.2, 0.25) is 0 Å². The van der Waals surface area contributed by atoms with Crippen molar-refractivity contribution in [2.24, 2.45) is 5.92 Å². The standard InChI is InChI=1S/C22H30O9/c1-11(2)8-15(9-14-6-7-16(24)17(10-14)28-5)21(26)31-20-19(30-13(4)23)18(25)12(3)29-22(20)27/h6-7,9-12,18-20,22,24-25,27H,8H2,1-5H3/b15-9+/t12-,18-,19+,20+,22+/m0/s1. The summed E-state index contributed by atoms with van der Waals surface area (Å²) in [6.07, 6.45) is -4.46. The SMILES string of the molecule is COc1cc(/C=C(\CC(C)C)C(=O)O[C@@H]2[C@H](OC(C)=O)[C@@H](O)[C@H](C)O[C@H]2O)ccc1O. The second-order valence-electron chi connectivity index (χ2n) is 7.87. The van der Waals surface area contributed by atoms with E-state index < -0.39 is 42.6 Å². The summed E-state index contributed by atoms with van der Waals surface area (Å²) in [5, 5.41) is 30.4. The summed E-state index contributed by atoms with van der Waals surface area (Å²) in [7, 11) is 1.41. The first-order chi connectivity index (χ1) is 14.5. The highest BCUT2D eigenvalue weighted by atomic mass is 16.7. The lowest BCUT2D eigenvalue weighted by Crippen LogP contribution is -2.59. The van der Waals surface area contributed by atoms with Crippen molar-refractivity contribution in [1.29, 1.82) is 0 Å². The van der Waals surface area contributed by atoms with E-state index in [2.05, 4.69) is 0 Å². The summed E-state index contributed by atoms with van der Waals surface area (Å²) >= 11 is 0. The third-order valence-corrected chi connectivity index (χ3v) is 4.76. The monoisotopic (exact) mass is 438 g/mol. The molecular weight excluding hydrogens is 408 g/mol. The smallest absolute Gasteiger partial charge is 0.334 e. The predicted molar refractivity (Wildman–Crippen MR) is 110 cm³/mol. The Labute approximate surface area is 181 Å². The van der Waals surface area contributed by atoms with Crippen LogP contribution < -0.4 is 4.74 Å². The lowest BCUT2D eigenvalue weighted by Gasteiger charge is -2.40. The first-order valence-electron chi connectivity index (χ1n) is 10.0. The maximum absolute atomic E-state index is 13.0. The molecular formula is C22H30O9. The van der Waals surface area contributed by atoms with Crippen LogP contribution in [0, 0.1) is 5.92 Å². The third-order valence-electron chi connectivity index (χ3n) is 4.76. The van der Waals surface area contributed by atoms with Gasteiger partial charge in [-0.2, -0.15) is 0 Å². The Bertz CT molecular complexity index is 817. The first kappa shape index (κ1) is 24.6. The quantitative estimate of drug-likeness (QED) is 0.430. The number of hydrogen-bond acceptors (Lipinski definition) is 9. The number of methoxy groups -OCH3 is 1. The molecule has 1 fully saturated rings. The minimum Gasteiger partial charge on any atom is -0.504 e. The van der Waals surface area contributed by atoms with Gasteiger partial charge in [0.05, 0.1) is 13.2 Å². The number of esters is 2. The molecule has 0 saturated carbocycles. The topological polar surface area (TPSA) is 132 Å². The number of rotatable bonds is 7. The molecule has 1 aromatic carbocycles. The maximum atomic E-state index is 13.0. The maximum Gasteiger partial charge on any atom is 0.334 e. The van der Waals surface area contributed by atoms with Gasteiger partial charge in [-0.3, -0.25) is 4.79 Å². The van der Waals surface area contributed by atoms with E-state index in [-0.39, 0.29) is 23.0 Å². The number of carbonyl (C=O) groups excluding carboxylic acids is 2. The summed E-state index contributed by atoms with van der Waals surface area (Å²) < 4.78 is 20.9. The highest BCUT2D eigenvalue weighted by Gasteiger charge is 2.47. The molecule has 0 aromatic heterocycles. The largest absolute Gasteiger partial charge is 0.504 e. The number of aromatic hydroxyl groups is 1. The number of ether oxygens (including phenoxy) is 4. The van der Waals surface area contributed by atoms with Gasteiger partial charge in [-0.1, -0.05) is 19.9 Å². The molecule has 1 saturated heterocycles. The molecule has 1 aromatic rings. The van der Waals surface area contributed by atoms with Gasteiger partial charge in [-0.05, 0) is 43.0 Å². The second-order valence-corrected chi connectivity index (χ2v) is 7.87. The van der Waals surface area contributed by atoms with E-state index in [0.29, 0.717) is 12.0 Å². The number of phenolic OH excluding ortho intramolecular Hbond substituents is 1. The zero-order chi connectivity index (χ0) is 23.3. The van der Waals surface area contributed by atoms with Gasteiger partial charge < -0.3 is 34.3 Å². The normalized spacial score (nSPS) is 26.5. The van der Waals surface area contributed by atoms with Crippen LogP contribution in [0.25, 0.3) is 6.08 Å². The second kappa shape index (κ2) is 10.6. The Kier molecular flexibility index (Phi) is 8.43. The number of aliphatic hydroxyl groups excluding tert-OH is 2. The highest BCUT2D eigenvalue weighted by Crippen LogP contribution is 2.29. The Morgan fingerprint density at radius 2 is 1.87 bits per heavy atom. The molecule has 0 bridgehead atoms. The zero-order valence-corrected chi connectivity index (χ0v) is 18.3. The van der Waals surface area contributed by atoms with E-state index in [1.165, 1.54) is 20.1 Å². The molecule has 5 atom stereocenters. The van der Waals surface area contributed by atoms with E-state index in [1.54, 1.807) is 18.2 Å².